The van der Waals surface area contributed by atoms with Gasteiger partial charge >= 0.3 is 0 Å². The Morgan fingerprint density at radius 1 is 1.00 bits per heavy atom. The van der Waals surface area contributed by atoms with Crippen molar-refractivity contribution in [2.24, 2.45) is 0 Å². The van der Waals surface area contributed by atoms with E-state index in [0.29, 0.717) is 37.6 Å². The number of amides is 2. The summed E-state index contributed by atoms with van der Waals surface area (Å²) in [5, 5.41) is 8.73. The molecule has 8 nitrogen and oxygen atoms in total. The van der Waals surface area contributed by atoms with Crippen LogP contribution in [0.3, 0.4) is 0 Å². The molecule has 0 saturated heterocycles. The number of fused-ring (bicyclic) bond motifs is 1. The first-order chi connectivity index (χ1) is 16.8. The van der Waals surface area contributed by atoms with Crippen LogP contribution in [-0.4, -0.2) is 44.7 Å². The molecule has 0 unspecified atom stereocenters. The summed E-state index contributed by atoms with van der Waals surface area (Å²) in [6.45, 7) is 9.54. The normalized spacial score (nSPS) is 15.3. The molecule has 2 amide bonds. The molecule has 186 valence electrons. The van der Waals surface area contributed by atoms with E-state index in [-0.39, 0.29) is 11.8 Å². The second kappa shape index (κ2) is 10.9. The molecule has 3 heterocycles. The number of rotatable bonds is 3. The highest BCUT2D eigenvalue weighted by atomic mass is 16.5. The van der Waals surface area contributed by atoms with Gasteiger partial charge in [-0.3, -0.25) is 14.3 Å². The zero-order valence-electron chi connectivity index (χ0n) is 21.2. The van der Waals surface area contributed by atoms with E-state index in [0.717, 1.165) is 60.3 Å². The minimum absolute atomic E-state index is 0.0201. The van der Waals surface area contributed by atoms with Crippen molar-refractivity contribution in [1.29, 1.82) is 0 Å². The Morgan fingerprint density at radius 3 is 2.43 bits per heavy atom. The van der Waals surface area contributed by atoms with Crippen LogP contribution in [0.15, 0.2) is 34.9 Å². The topological polar surface area (TPSA) is 84.5 Å². The predicted octanol–water partition coefficient (Wildman–Crippen LogP) is 4.80. The van der Waals surface area contributed by atoms with Gasteiger partial charge in [0, 0.05) is 43.5 Å². The Morgan fingerprint density at radius 2 is 1.71 bits per heavy atom. The minimum atomic E-state index is -0.153. The van der Waals surface area contributed by atoms with Crippen molar-refractivity contribution in [2.45, 2.75) is 72.9 Å². The van der Waals surface area contributed by atoms with E-state index in [9.17, 15) is 9.59 Å². The third kappa shape index (κ3) is 5.63. The number of para-hydroxylation sites is 1. The third-order valence-corrected chi connectivity index (χ3v) is 6.72. The van der Waals surface area contributed by atoms with Crippen molar-refractivity contribution in [2.75, 3.05) is 18.0 Å². The fourth-order valence-electron chi connectivity index (χ4n) is 4.80. The average molecular weight is 478 g/mol. The highest BCUT2D eigenvalue weighted by molar-refractivity contribution is 5.94. The van der Waals surface area contributed by atoms with Crippen LogP contribution in [-0.2, 0) is 17.9 Å². The van der Waals surface area contributed by atoms with Crippen LogP contribution in [0.4, 0.5) is 5.69 Å². The van der Waals surface area contributed by atoms with Crippen LogP contribution >= 0.6 is 0 Å². The molecule has 3 aromatic rings. The van der Waals surface area contributed by atoms with Crippen molar-refractivity contribution in [3.8, 4) is 0 Å². The van der Waals surface area contributed by atoms with Crippen LogP contribution in [0.5, 0.6) is 0 Å². The first-order valence-electron chi connectivity index (χ1n) is 12.5. The first-order valence-corrected chi connectivity index (χ1v) is 12.5. The van der Waals surface area contributed by atoms with Crippen LogP contribution in [0.25, 0.3) is 0 Å². The Labute approximate surface area is 206 Å². The lowest BCUT2D eigenvalue weighted by molar-refractivity contribution is -0.116. The molecule has 0 spiro atoms. The summed E-state index contributed by atoms with van der Waals surface area (Å²) in [5.74, 6) is 0.490. The highest BCUT2D eigenvalue weighted by Crippen LogP contribution is 2.26. The minimum Gasteiger partial charge on any atom is -0.361 e. The first kappa shape index (κ1) is 24.7. The molecule has 0 bridgehead atoms. The van der Waals surface area contributed by atoms with Crippen molar-refractivity contribution >= 4 is 17.5 Å². The molecule has 2 aromatic heterocycles. The van der Waals surface area contributed by atoms with E-state index in [4.69, 9.17) is 4.52 Å². The molecule has 1 aliphatic rings. The van der Waals surface area contributed by atoms with E-state index in [2.05, 4.69) is 10.3 Å². The van der Waals surface area contributed by atoms with E-state index >= 15 is 0 Å². The standard InChI is InChI=1S/C27H35N5O3/c1-19-16-20(2)32(28-19)18-24-21(3)35-29-26(24)27(34)30-14-10-6-5-7-11-15-31(22(4)33)25-13-9-8-12-23(25)17-30/h8-9,12-13,16H,5-7,10-11,14-15,17-18H2,1-4H3. The number of benzene rings is 1. The maximum absolute atomic E-state index is 13.8. The highest BCUT2D eigenvalue weighted by Gasteiger charge is 2.27. The Balaban J connectivity index is 1.67. The number of aryl methyl sites for hydroxylation is 3. The number of carbonyl (C=O) groups excluding carboxylic acids is 2. The summed E-state index contributed by atoms with van der Waals surface area (Å²) in [6.07, 6.45) is 5.09. The van der Waals surface area contributed by atoms with Crippen LogP contribution in [0.1, 0.15) is 77.8 Å². The van der Waals surface area contributed by atoms with E-state index in [1.807, 2.05) is 65.6 Å². The van der Waals surface area contributed by atoms with Crippen molar-refractivity contribution in [3.05, 3.63) is 64.3 Å². The Hall–Kier alpha value is -3.42. The predicted molar refractivity (Wildman–Crippen MR) is 134 cm³/mol. The van der Waals surface area contributed by atoms with Crippen molar-refractivity contribution in [1.82, 2.24) is 19.8 Å². The van der Waals surface area contributed by atoms with Gasteiger partial charge in [0.2, 0.25) is 5.91 Å². The SMILES string of the molecule is CC(=O)N1CCCCCCCN(C(=O)c2noc(C)c2Cn2nc(C)cc2C)Cc2ccccc21. The molecule has 4 rings (SSSR count). The van der Waals surface area contributed by atoms with Gasteiger partial charge in [-0.05, 0) is 51.3 Å². The smallest absolute Gasteiger partial charge is 0.276 e. The summed E-state index contributed by atoms with van der Waals surface area (Å²) in [6, 6.07) is 9.89. The van der Waals surface area contributed by atoms with Crippen LogP contribution < -0.4 is 4.90 Å². The lowest BCUT2D eigenvalue weighted by Gasteiger charge is -2.28. The van der Waals surface area contributed by atoms with Crippen molar-refractivity contribution < 1.29 is 14.1 Å². The van der Waals surface area contributed by atoms with Gasteiger partial charge in [0.25, 0.3) is 5.91 Å². The van der Waals surface area contributed by atoms with Gasteiger partial charge in [0.1, 0.15) is 5.76 Å². The molecule has 35 heavy (non-hydrogen) atoms. The molecule has 8 heteroatoms. The van der Waals surface area contributed by atoms with Gasteiger partial charge in [-0.1, -0.05) is 42.6 Å². The second-order valence-corrected chi connectivity index (χ2v) is 9.44. The van der Waals surface area contributed by atoms with E-state index in [1.165, 1.54) is 0 Å². The van der Waals surface area contributed by atoms with Crippen molar-refractivity contribution in [3.63, 3.8) is 0 Å². The van der Waals surface area contributed by atoms with Gasteiger partial charge in [0.15, 0.2) is 5.69 Å². The summed E-state index contributed by atoms with van der Waals surface area (Å²) < 4.78 is 7.37. The molecule has 0 aliphatic carbocycles. The maximum Gasteiger partial charge on any atom is 0.276 e. The number of anilines is 1. The van der Waals surface area contributed by atoms with Gasteiger partial charge < -0.3 is 14.3 Å². The maximum atomic E-state index is 13.8. The average Bonchev–Trinajstić information content (AvgIpc) is 3.34. The second-order valence-electron chi connectivity index (χ2n) is 9.44. The fourth-order valence-corrected chi connectivity index (χ4v) is 4.80. The molecule has 0 fully saturated rings. The molecular weight excluding hydrogens is 442 g/mol. The molecule has 0 saturated carbocycles. The zero-order valence-corrected chi connectivity index (χ0v) is 21.2. The summed E-state index contributed by atoms with van der Waals surface area (Å²) in [4.78, 5) is 30.0. The number of hydrogen-bond donors (Lipinski definition) is 0. The molecule has 0 atom stereocenters. The third-order valence-electron chi connectivity index (χ3n) is 6.72. The summed E-state index contributed by atoms with van der Waals surface area (Å²) >= 11 is 0. The van der Waals surface area contributed by atoms with Gasteiger partial charge in [0.05, 0.1) is 12.2 Å². The molecule has 1 aliphatic heterocycles. The largest absolute Gasteiger partial charge is 0.361 e. The van der Waals surface area contributed by atoms with E-state index < -0.39 is 0 Å². The van der Waals surface area contributed by atoms with E-state index in [1.54, 1.807) is 6.92 Å². The molecule has 0 N–H and O–H groups in total. The monoisotopic (exact) mass is 477 g/mol. The summed E-state index contributed by atoms with van der Waals surface area (Å²) in [5.41, 5.74) is 4.87. The number of nitrogens with zero attached hydrogens (tertiary/aromatic N) is 5. The number of aromatic nitrogens is 3. The number of carbonyl (C=O) groups is 2. The molecule has 0 radical (unpaired) electrons. The Kier molecular flexibility index (Phi) is 7.68. The molecule has 1 aromatic carbocycles. The Bertz CT molecular complexity index is 1200. The van der Waals surface area contributed by atoms with Crippen LogP contribution in [0, 0.1) is 20.8 Å². The number of hydrogen-bond acceptors (Lipinski definition) is 5. The van der Waals surface area contributed by atoms with Gasteiger partial charge in [-0.15, -0.1) is 0 Å². The molecular formula is C27H35N5O3. The zero-order chi connectivity index (χ0) is 24.9. The lowest BCUT2D eigenvalue weighted by Crippen LogP contribution is -2.35. The quantitative estimate of drug-likeness (QED) is 0.541. The van der Waals surface area contributed by atoms with Crippen LogP contribution in [0.2, 0.25) is 0 Å². The fraction of sp³-hybridized carbons (Fsp3) is 0.481. The van der Waals surface area contributed by atoms with Gasteiger partial charge in [-0.2, -0.15) is 5.10 Å². The lowest BCUT2D eigenvalue weighted by atomic mass is 10.1. The van der Waals surface area contributed by atoms with Gasteiger partial charge in [-0.25, -0.2) is 0 Å². The summed E-state index contributed by atoms with van der Waals surface area (Å²) in [7, 11) is 0.